The lowest BCUT2D eigenvalue weighted by Crippen LogP contribution is -2.20. The Morgan fingerprint density at radius 3 is 2.72 bits per heavy atom. The highest BCUT2D eigenvalue weighted by Gasteiger charge is 2.09. The second-order valence-corrected chi connectivity index (χ2v) is 6.32. The van der Waals surface area contributed by atoms with Gasteiger partial charge in [-0.1, -0.05) is 36.4 Å². The van der Waals surface area contributed by atoms with E-state index >= 15 is 0 Å². The molecule has 29 heavy (non-hydrogen) atoms. The summed E-state index contributed by atoms with van der Waals surface area (Å²) >= 11 is 6.01. The SMILES string of the molecule is C=CCOc1ccc(/C=C/C(=O)OCC(=O)Nc2cccc(Cl)c2C)cc1OC. The summed E-state index contributed by atoms with van der Waals surface area (Å²) < 4.78 is 15.7. The Morgan fingerprint density at radius 2 is 2.00 bits per heavy atom. The Morgan fingerprint density at radius 1 is 1.21 bits per heavy atom. The lowest BCUT2D eigenvalue weighted by molar-refractivity contribution is -0.142. The summed E-state index contributed by atoms with van der Waals surface area (Å²) in [6.45, 7) is 5.33. The molecule has 0 atom stereocenters. The van der Waals surface area contributed by atoms with Crippen LogP contribution in [-0.2, 0) is 14.3 Å². The maximum absolute atomic E-state index is 12.0. The van der Waals surface area contributed by atoms with E-state index in [0.717, 1.165) is 5.56 Å². The molecule has 2 aromatic rings. The van der Waals surface area contributed by atoms with E-state index in [1.807, 2.05) is 0 Å². The molecule has 0 bridgehead atoms. The van der Waals surface area contributed by atoms with Crippen LogP contribution < -0.4 is 14.8 Å². The van der Waals surface area contributed by atoms with Crippen molar-refractivity contribution < 1.29 is 23.8 Å². The predicted octanol–water partition coefficient (Wildman–Crippen LogP) is 4.42. The first kappa shape index (κ1) is 22.0. The Kier molecular flexibility index (Phi) is 8.30. The van der Waals surface area contributed by atoms with Crippen molar-refractivity contribution in [3.63, 3.8) is 0 Å². The minimum absolute atomic E-state index is 0.356. The first-order valence-electron chi connectivity index (χ1n) is 8.76. The van der Waals surface area contributed by atoms with Gasteiger partial charge in [-0.3, -0.25) is 4.79 Å². The van der Waals surface area contributed by atoms with Crippen LogP contribution >= 0.6 is 11.6 Å². The molecule has 0 aliphatic carbocycles. The maximum Gasteiger partial charge on any atom is 0.331 e. The summed E-state index contributed by atoms with van der Waals surface area (Å²) in [7, 11) is 1.53. The number of esters is 1. The number of carbonyl (C=O) groups is 2. The molecule has 0 spiro atoms. The molecule has 1 amide bonds. The molecular formula is C22H22ClNO5. The third-order valence-electron chi connectivity index (χ3n) is 3.84. The number of benzene rings is 2. The average Bonchev–Trinajstić information content (AvgIpc) is 2.72. The van der Waals surface area contributed by atoms with Crippen molar-refractivity contribution in [2.45, 2.75) is 6.92 Å². The van der Waals surface area contributed by atoms with Crippen LogP contribution in [0.3, 0.4) is 0 Å². The molecule has 0 heterocycles. The van der Waals surface area contributed by atoms with Gasteiger partial charge in [-0.05, 0) is 48.4 Å². The number of rotatable bonds is 9. The quantitative estimate of drug-likeness (QED) is 0.373. The van der Waals surface area contributed by atoms with Crippen molar-refractivity contribution in [1.82, 2.24) is 0 Å². The maximum atomic E-state index is 12.0. The van der Waals surface area contributed by atoms with Crippen molar-refractivity contribution in [3.8, 4) is 11.5 Å². The zero-order valence-electron chi connectivity index (χ0n) is 16.2. The molecular weight excluding hydrogens is 394 g/mol. The van der Waals surface area contributed by atoms with Crippen molar-refractivity contribution >= 4 is 35.2 Å². The van der Waals surface area contributed by atoms with Gasteiger partial charge < -0.3 is 19.5 Å². The minimum Gasteiger partial charge on any atom is -0.493 e. The van der Waals surface area contributed by atoms with Gasteiger partial charge in [0, 0.05) is 16.8 Å². The van der Waals surface area contributed by atoms with Crippen molar-refractivity contribution in [2.75, 3.05) is 25.6 Å². The Bertz CT molecular complexity index is 923. The van der Waals surface area contributed by atoms with Crippen LogP contribution in [0, 0.1) is 6.92 Å². The number of hydrogen-bond donors (Lipinski definition) is 1. The first-order valence-corrected chi connectivity index (χ1v) is 9.14. The number of hydrogen-bond acceptors (Lipinski definition) is 5. The van der Waals surface area contributed by atoms with Crippen molar-refractivity contribution in [1.29, 1.82) is 0 Å². The van der Waals surface area contributed by atoms with Crippen LogP contribution in [-0.4, -0.2) is 32.2 Å². The summed E-state index contributed by atoms with van der Waals surface area (Å²) in [5.74, 6) is -0.00448. The van der Waals surface area contributed by atoms with E-state index in [2.05, 4.69) is 11.9 Å². The van der Waals surface area contributed by atoms with E-state index in [1.54, 1.807) is 55.5 Å². The molecule has 0 aliphatic rings. The van der Waals surface area contributed by atoms with E-state index in [4.69, 9.17) is 25.8 Å². The summed E-state index contributed by atoms with van der Waals surface area (Å²) in [5.41, 5.74) is 2.02. The van der Waals surface area contributed by atoms with Gasteiger partial charge in [0.1, 0.15) is 6.61 Å². The highest BCUT2D eigenvalue weighted by Crippen LogP contribution is 2.28. The fraction of sp³-hybridized carbons (Fsp3) is 0.182. The molecule has 152 valence electrons. The summed E-state index contributed by atoms with van der Waals surface area (Å²) in [4.78, 5) is 23.8. The topological polar surface area (TPSA) is 73.9 Å². The van der Waals surface area contributed by atoms with E-state index in [1.165, 1.54) is 13.2 Å². The predicted molar refractivity (Wildman–Crippen MR) is 113 cm³/mol. The zero-order valence-corrected chi connectivity index (χ0v) is 17.0. The van der Waals surface area contributed by atoms with Gasteiger partial charge in [-0.15, -0.1) is 0 Å². The lowest BCUT2D eigenvalue weighted by atomic mass is 10.2. The van der Waals surface area contributed by atoms with E-state index in [0.29, 0.717) is 34.4 Å². The highest BCUT2D eigenvalue weighted by atomic mass is 35.5. The van der Waals surface area contributed by atoms with Gasteiger partial charge in [0.2, 0.25) is 0 Å². The summed E-state index contributed by atoms with van der Waals surface area (Å²) in [6, 6.07) is 10.4. The molecule has 0 unspecified atom stereocenters. The molecule has 2 rings (SSSR count). The third-order valence-corrected chi connectivity index (χ3v) is 4.25. The summed E-state index contributed by atoms with van der Waals surface area (Å²) in [6.07, 6.45) is 4.42. The highest BCUT2D eigenvalue weighted by molar-refractivity contribution is 6.31. The van der Waals surface area contributed by atoms with E-state index in [9.17, 15) is 9.59 Å². The number of methoxy groups -OCH3 is 1. The number of carbonyl (C=O) groups excluding carboxylic acids is 2. The van der Waals surface area contributed by atoms with Crippen LogP contribution in [0.2, 0.25) is 5.02 Å². The largest absolute Gasteiger partial charge is 0.493 e. The van der Waals surface area contributed by atoms with Gasteiger partial charge in [0.05, 0.1) is 7.11 Å². The molecule has 1 N–H and O–H groups in total. The molecule has 0 aromatic heterocycles. The van der Waals surface area contributed by atoms with E-state index < -0.39 is 18.5 Å². The number of amides is 1. The first-order chi connectivity index (χ1) is 13.9. The Balaban J connectivity index is 1.89. The Hall–Kier alpha value is -3.25. The van der Waals surface area contributed by atoms with Gasteiger partial charge in [0.25, 0.3) is 5.91 Å². The van der Waals surface area contributed by atoms with Gasteiger partial charge in [0.15, 0.2) is 18.1 Å². The normalized spacial score (nSPS) is 10.4. The monoisotopic (exact) mass is 415 g/mol. The molecule has 7 heteroatoms. The molecule has 0 fully saturated rings. The van der Waals surface area contributed by atoms with Gasteiger partial charge in [-0.25, -0.2) is 4.79 Å². The number of halogens is 1. The smallest absolute Gasteiger partial charge is 0.331 e. The molecule has 2 aromatic carbocycles. The Labute approximate surface area is 174 Å². The second kappa shape index (κ2) is 10.9. The minimum atomic E-state index is -0.645. The number of anilines is 1. The average molecular weight is 416 g/mol. The molecule has 0 saturated heterocycles. The van der Waals surface area contributed by atoms with Crippen LogP contribution in [0.4, 0.5) is 5.69 Å². The molecule has 0 radical (unpaired) electrons. The second-order valence-electron chi connectivity index (χ2n) is 5.91. The number of nitrogens with one attached hydrogen (secondary N) is 1. The van der Waals surface area contributed by atoms with Crippen molar-refractivity contribution in [2.24, 2.45) is 0 Å². The third kappa shape index (κ3) is 6.69. The van der Waals surface area contributed by atoms with E-state index in [-0.39, 0.29) is 0 Å². The van der Waals surface area contributed by atoms with Gasteiger partial charge in [-0.2, -0.15) is 0 Å². The zero-order chi connectivity index (χ0) is 21.2. The lowest BCUT2D eigenvalue weighted by Gasteiger charge is -2.10. The standard InChI is InChI=1S/C22H22ClNO5/c1-4-12-28-19-10-8-16(13-20(19)27-3)9-11-22(26)29-14-21(25)24-18-7-5-6-17(23)15(18)2/h4-11,13H,1,12,14H2,2-3H3,(H,24,25)/b11-9+. The fourth-order valence-corrected chi connectivity index (χ4v) is 2.51. The van der Waals surface area contributed by atoms with Crippen molar-refractivity contribution in [3.05, 3.63) is 71.3 Å². The van der Waals surface area contributed by atoms with Crippen LogP contribution in [0.5, 0.6) is 11.5 Å². The van der Waals surface area contributed by atoms with Gasteiger partial charge >= 0.3 is 5.97 Å². The molecule has 0 aliphatic heterocycles. The molecule has 0 saturated carbocycles. The summed E-state index contributed by atoms with van der Waals surface area (Å²) in [5, 5.41) is 3.20. The fourth-order valence-electron chi connectivity index (χ4n) is 2.33. The van der Waals surface area contributed by atoms with Crippen LogP contribution in [0.25, 0.3) is 6.08 Å². The van der Waals surface area contributed by atoms with Crippen LogP contribution in [0.1, 0.15) is 11.1 Å². The van der Waals surface area contributed by atoms with Crippen LogP contribution in [0.15, 0.2) is 55.1 Å². The number of ether oxygens (including phenoxy) is 3. The molecule has 6 nitrogen and oxygen atoms in total.